The third kappa shape index (κ3) is 5.36. The van der Waals surface area contributed by atoms with Crippen molar-refractivity contribution in [1.29, 1.82) is 0 Å². The number of amides is 4. The summed E-state index contributed by atoms with van der Waals surface area (Å²) in [6, 6.07) is 12.6. The highest BCUT2D eigenvalue weighted by Gasteiger charge is 2.40. The number of hydrogen-bond donors (Lipinski definition) is 3. The summed E-state index contributed by atoms with van der Waals surface area (Å²) in [5.74, 6) is -0.830. The van der Waals surface area contributed by atoms with Gasteiger partial charge in [-0.05, 0) is 41.5 Å². The number of nitrogens with one attached hydrogen (secondary N) is 2. The Bertz CT molecular complexity index is 1230. The van der Waals surface area contributed by atoms with E-state index in [2.05, 4.69) is 19.2 Å². The molecule has 2 aromatic rings. The first-order chi connectivity index (χ1) is 17.4. The van der Waals surface area contributed by atoms with Crippen molar-refractivity contribution in [1.82, 2.24) is 15.7 Å². The van der Waals surface area contributed by atoms with Gasteiger partial charge in [-0.25, -0.2) is 5.48 Å². The monoisotopic (exact) mass is 507 g/mol. The normalized spacial score (nSPS) is 17.9. The second-order valence-corrected chi connectivity index (χ2v) is 11.1. The second-order valence-electron chi connectivity index (χ2n) is 11.1. The molecule has 2 aliphatic rings. The van der Waals surface area contributed by atoms with Crippen LogP contribution in [0, 0.1) is 5.41 Å². The molecule has 0 spiro atoms. The third-order valence-electron chi connectivity index (χ3n) is 7.27. The highest BCUT2D eigenvalue weighted by molar-refractivity contribution is 6.05. The molecule has 0 aromatic heterocycles. The molecule has 0 radical (unpaired) electrons. The van der Waals surface area contributed by atoms with Crippen LogP contribution in [0.15, 0.2) is 42.5 Å². The van der Waals surface area contributed by atoms with Crippen molar-refractivity contribution in [2.45, 2.75) is 71.6 Å². The van der Waals surface area contributed by atoms with Gasteiger partial charge in [0.2, 0.25) is 17.7 Å². The van der Waals surface area contributed by atoms with E-state index in [1.54, 1.807) is 31.5 Å². The van der Waals surface area contributed by atoms with Gasteiger partial charge in [-0.15, -0.1) is 0 Å². The van der Waals surface area contributed by atoms with E-state index < -0.39 is 23.3 Å². The fraction of sp³-hybridized carbons (Fsp3) is 0.429. The molecule has 0 aliphatic carbocycles. The van der Waals surface area contributed by atoms with Crippen LogP contribution in [0.25, 0.3) is 0 Å². The number of rotatable bonds is 8. The summed E-state index contributed by atoms with van der Waals surface area (Å²) in [6.45, 7) is 8.26. The Kier molecular flexibility index (Phi) is 7.10. The number of benzene rings is 2. The summed E-state index contributed by atoms with van der Waals surface area (Å²) in [5.41, 5.74) is 3.94. The van der Waals surface area contributed by atoms with Crippen molar-refractivity contribution in [3.05, 3.63) is 64.7 Å². The number of piperidine rings is 1. The van der Waals surface area contributed by atoms with Crippen molar-refractivity contribution in [2.75, 3.05) is 0 Å². The van der Waals surface area contributed by atoms with Crippen molar-refractivity contribution in [3.8, 4) is 5.75 Å². The molecule has 9 heteroatoms. The predicted molar refractivity (Wildman–Crippen MR) is 135 cm³/mol. The molecular formula is C28H33N3O6. The van der Waals surface area contributed by atoms with Gasteiger partial charge in [-0.2, -0.15) is 0 Å². The zero-order valence-electron chi connectivity index (χ0n) is 21.6. The van der Waals surface area contributed by atoms with Crippen molar-refractivity contribution in [3.63, 3.8) is 0 Å². The maximum absolute atomic E-state index is 13.0. The van der Waals surface area contributed by atoms with Crippen LogP contribution in [0.2, 0.25) is 0 Å². The first kappa shape index (κ1) is 26.3. The number of nitrogens with zero attached hydrogens (tertiary/aromatic N) is 1. The van der Waals surface area contributed by atoms with Gasteiger partial charge in [0.25, 0.3) is 5.91 Å². The molecule has 4 amide bonds. The number of fused-ring (bicyclic) bond motifs is 1. The summed E-state index contributed by atoms with van der Waals surface area (Å²) in [7, 11) is 0. The lowest BCUT2D eigenvalue weighted by molar-refractivity contribution is -0.139. The quantitative estimate of drug-likeness (QED) is 0.286. The minimum absolute atomic E-state index is 0.207. The highest BCUT2D eigenvalue weighted by atomic mass is 16.5. The van der Waals surface area contributed by atoms with E-state index in [0.29, 0.717) is 30.8 Å². The average molecular weight is 508 g/mol. The molecule has 9 nitrogen and oxygen atoms in total. The zero-order chi connectivity index (χ0) is 27.0. The van der Waals surface area contributed by atoms with Gasteiger partial charge in [0, 0.05) is 23.0 Å². The van der Waals surface area contributed by atoms with Crippen LogP contribution >= 0.6 is 0 Å². The molecular weight excluding hydrogens is 474 g/mol. The van der Waals surface area contributed by atoms with Gasteiger partial charge < -0.3 is 9.64 Å². The molecule has 1 atom stereocenters. The number of carbonyl (C=O) groups is 4. The minimum Gasteiger partial charge on any atom is -0.489 e. The van der Waals surface area contributed by atoms with Crippen LogP contribution < -0.4 is 15.5 Å². The Morgan fingerprint density at radius 2 is 1.81 bits per heavy atom. The Labute approximate surface area is 216 Å². The van der Waals surface area contributed by atoms with E-state index in [9.17, 15) is 19.2 Å². The summed E-state index contributed by atoms with van der Waals surface area (Å²) in [6.07, 6.45) is 1.06. The van der Waals surface area contributed by atoms with Crippen LogP contribution in [0.5, 0.6) is 5.75 Å². The molecule has 3 N–H and O–H groups in total. The Morgan fingerprint density at radius 3 is 2.46 bits per heavy atom. The van der Waals surface area contributed by atoms with Crippen molar-refractivity contribution < 1.29 is 29.1 Å². The molecule has 1 saturated heterocycles. The molecule has 37 heavy (non-hydrogen) atoms. The summed E-state index contributed by atoms with van der Waals surface area (Å²) in [4.78, 5) is 50.4. The third-order valence-corrected chi connectivity index (χ3v) is 7.27. The molecule has 1 unspecified atom stereocenters. The predicted octanol–water partition coefficient (Wildman–Crippen LogP) is 3.23. The van der Waals surface area contributed by atoms with Crippen LogP contribution in [-0.2, 0) is 33.0 Å². The van der Waals surface area contributed by atoms with Gasteiger partial charge in [-0.3, -0.25) is 29.7 Å². The number of ether oxygens (including phenoxy) is 1. The number of hydrogen-bond acceptors (Lipinski definition) is 6. The first-order valence-electron chi connectivity index (χ1n) is 12.4. The van der Waals surface area contributed by atoms with Gasteiger partial charge in [0.1, 0.15) is 18.4 Å². The second kappa shape index (κ2) is 9.97. The zero-order valence-corrected chi connectivity index (χ0v) is 21.6. The van der Waals surface area contributed by atoms with Crippen molar-refractivity contribution >= 4 is 23.6 Å². The maximum Gasteiger partial charge on any atom is 0.255 e. The molecule has 1 fully saturated rings. The lowest BCUT2D eigenvalue weighted by atomic mass is 9.71. The van der Waals surface area contributed by atoms with E-state index >= 15 is 0 Å². The minimum atomic E-state index is -0.743. The Hall–Kier alpha value is -3.72. The van der Waals surface area contributed by atoms with Gasteiger partial charge >= 0.3 is 0 Å². The van der Waals surface area contributed by atoms with E-state index in [0.717, 1.165) is 16.7 Å². The first-order valence-corrected chi connectivity index (χ1v) is 12.4. The summed E-state index contributed by atoms with van der Waals surface area (Å²) in [5, 5.41) is 11.4. The maximum atomic E-state index is 13.0. The molecule has 0 bridgehead atoms. The Morgan fingerprint density at radius 1 is 1.11 bits per heavy atom. The van der Waals surface area contributed by atoms with Crippen LogP contribution in [0.1, 0.15) is 74.0 Å². The van der Waals surface area contributed by atoms with E-state index in [1.165, 1.54) is 4.90 Å². The Balaban J connectivity index is 1.43. The number of imide groups is 1. The SMILES string of the molecule is CC(C)(CC(C)(C)c1ccc(COc2cccc3c2CN(C2CCC(=O)NC2=O)C3=O)cc1)C(=O)NO. The lowest BCUT2D eigenvalue weighted by Crippen LogP contribution is -2.52. The van der Waals surface area contributed by atoms with E-state index in [4.69, 9.17) is 9.94 Å². The van der Waals surface area contributed by atoms with Crippen LogP contribution in [0.4, 0.5) is 0 Å². The van der Waals surface area contributed by atoms with Crippen molar-refractivity contribution in [2.24, 2.45) is 5.41 Å². The smallest absolute Gasteiger partial charge is 0.255 e. The summed E-state index contributed by atoms with van der Waals surface area (Å²) < 4.78 is 6.10. The highest BCUT2D eigenvalue weighted by Crippen LogP contribution is 2.37. The average Bonchev–Trinajstić information content (AvgIpc) is 3.18. The van der Waals surface area contributed by atoms with Gasteiger partial charge in [0.15, 0.2) is 0 Å². The van der Waals surface area contributed by atoms with Gasteiger partial charge in [0.05, 0.1) is 6.54 Å². The lowest BCUT2D eigenvalue weighted by Gasteiger charge is -2.34. The molecule has 4 rings (SSSR count). The van der Waals surface area contributed by atoms with Crippen LogP contribution in [-0.4, -0.2) is 39.8 Å². The van der Waals surface area contributed by atoms with E-state index in [1.807, 2.05) is 30.3 Å². The molecule has 0 saturated carbocycles. The standard InChI is InChI=1S/C28H33N3O6/c1-27(2,16-28(3,4)26(35)30-36)18-10-8-17(9-11-18)15-37-22-7-5-6-19-20(22)14-31(25(19)34)21-12-13-23(32)29-24(21)33/h5-11,21,36H,12-16H2,1-4H3,(H,30,35)(H,29,32,33). The van der Waals surface area contributed by atoms with Crippen LogP contribution in [0.3, 0.4) is 0 Å². The fourth-order valence-corrected chi connectivity index (χ4v) is 5.34. The molecule has 2 aliphatic heterocycles. The largest absolute Gasteiger partial charge is 0.489 e. The topological polar surface area (TPSA) is 125 Å². The summed E-state index contributed by atoms with van der Waals surface area (Å²) >= 11 is 0. The van der Waals surface area contributed by atoms with Gasteiger partial charge in [-0.1, -0.05) is 58.0 Å². The van der Waals surface area contributed by atoms with E-state index in [-0.39, 0.29) is 30.2 Å². The molecule has 2 heterocycles. The molecule has 2 aromatic carbocycles. The number of hydroxylamine groups is 1. The fourth-order valence-electron chi connectivity index (χ4n) is 5.34. The number of carbonyl (C=O) groups excluding carboxylic acids is 4. The molecule has 196 valence electrons.